The third-order valence-corrected chi connectivity index (χ3v) is 4.65. The van der Waals surface area contributed by atoms with Crippen LogP contribution in [0.2, 0.25) is 0 Å². The molecule has 1 saturated carbocycles. The number of hydrogen-bond donors (Lipinski definition) is 1. The van der Waals surface area contributed by atoms with Gasteiger partial charge >= 0.3 is 6.01 Å². The van der Waals surface area contributed by atoms with Gasteiger partial charge in [0.15, 0.2) is 0 Å². The molecule has 0 bridgehead atoms. The van der Waals surface area contributed by atoms with Gasteiger partial charge in [-0.3, -0.25) is 0 Å². The van der Waals surface area contributed by atoms with Gasteiger partial charge in [0.05, 0.1) is 6.54 Å². The minimum absolute atomic E-state index is 0.634. The first-order valence-electron chi connectivity index (χ1n) is 8.18. The molecule has 1 aromatic rings. The van der Waals surface area contributed by atoms with Gasteiger partial charge in [0.1, 0.15) is 0 Å². The lowest BCUT2D eigenvalue weighted by atomic mass is 9.96. The Labute approximate surface area is 121 Å². The lowest BCUT2D eigenvalue weighted by molar-refractivity contribution is 0.399. The summed E-state index contributed by atoms with van der Waals surface area (Å²) in [6.45, 7) is 4.91. The van der Waals surface area contributed by atoms with Gasteiger partial charge in [0.2, 0.25) is 5.89 Å². The van der Waals surface area contributed by atoms with E-state index in [9.17, 15) is 0 Å². The van der Waals surface area contributed by atoms with E-state index in [1.165, 1.54) is 38.5 Å². The largest absolute Gasteiger partial charge is 0.407 e. The predicted molar refractivity (Wildman–Crippen MR) is 78.6 cm³/mol. The average molecular weight is 278 g/mol. The van der Waals surface area contributed by atoms with Crippen molar-refractivity contribution in [2.24, 2.45) is 5.92 Å². The number of nitrogens with one attached hydrogen (secondary N) is 1. The number of hydrogen-bond acceptors (Lipinski definition) is 5. The van der Waals surface area contributed by atoms with E-state index in [1.54, 1.807) is 0 Å². The summed E-state index contributed by atoms with van der Waals surface area (Å²) in [7, 11) is 0. The molecule has 0 aromatic carbocycles. The summed E-state index contributed by atoms with van der Waals surface area (Å²) in [4.78, 5) is 2.37. The van der Waals surface area contributed by atoms with E-state index < -0.39 is 0 Å². The van der Waals surface area contributed by atoms with Crippen LogP contribution in [-0.2, 0) is 6.54 Å². The molecule has 0 radical (unpaired) electrons. The second-order valence-corrected chi connectivity index (χ2v) is 6.10. The quantitative estimate of drug-likeness (QED) is 0.811. The molecule has 0 spiro atoms. The van der Waals surface area contributed by atoms with E-state index in [0.29, 0.717) is 18.5 Å². The van der Waals surface area contributed by atoms with E-state index in [4.69, 9.17) is 4.42 Å². The zero-order valence-corrected chi connectivity index (χ0v) is 12.5. The Balaban J connectivity index is 1.62. The van der Waals surface area contributed by atoms with Crippen molar-refractivity contribution in [3.05, 3.63) is 5.89 Å². The van der Waals surface area contributed by atoms with Crippen LogP contribution in [-0.4, -0.2) is 29.3 Å². The van der Waals surface area contributed by atoms with Crippen LogP contribution in [0.4, 0.5) is 6.01 Å². The van der Waals surface area contributed by atoms with Crippen molar-refractivity contribution in [3.63, 3.8) is 0 Å². The molecule has 1 N–H and O–H groups in total. The number of nitrogens with zero attached hydrogens (tertiary/aromatic N) is 3. The molecule has 1 unspecified atom stereocenters. The zero-order chi connectivity index (χ0) is 13.8. The summed E-state index contributed by atoms with van der Waals surface area (Å²) in [6, 6.07) is 1.38. The van der Waals surface area contributed by atoms with Crippen LogP contribution in [0.1, 0.15) is 57.8 Å². The Morgan fingerprint density at radius 2 is 2.05 bits per heavy atom. The first-order chi connectivity index (χ1) is 9.88. The fraction of sp³-hybridized carbons (Fsp3) is 0.867. The van der Waals surface area contributed by atoms with Crippen molar-refractivity contribution in [2.75, 3.05) is 18.0 Å². The van der Waals surface area contributed by atoms with Crippen LogP contribution < -0.4 is 10.2 Å². The molecule has 3 rings (SSSR count). The van der Waals surface area contributed by atoms with Crippen LogP contribution in [0.25, 0.3) is 0 Å². The van der Waals surface area contributed by atoms with Crippen molar-refractivity contribution < 1.29 is 4.42 Å². The topological polar surface area (TPSA) is 54.2 Å². The van der Waals surface area contributed by atoms with E-state index in [-0.39, 0.29) is 0 Å². The van der Waals surface area contributed by atoms with E-state index >= 15 is 0 Å². The molecule has 1 aliphatic heterocycles. The molecular weight excluding hydrogens is 252 g/mol. The van der Waals surface area contributed by atoms with Gasteiger partial charge in [-0.15, -0.1) is 5.10 Å². The molecule has 112 valence electrons. The highest BCUT2D eigenvalue weighted by molar-refractivity contribution is 5.29. The summed E-state index contributed by atoms with van der Waals surface area (Å²) in [6.07, 6.45) is 9.21. The van der Waals surface area contributed by atoms with Gasteiger partial charge in [-0.2, -0.15) is 0 Å². The van der Waals surface area contributed by atoms with Crippen LogP contribution in [0, 0.1) is 5.92 Å². The molecule has 5 heteroatoms. The normalized spacial score (nSPS) is 23.9. The van der Waals surface area contributed by atoms with Gasteiger partial charge in [-0.1, -0.05) is 24.9 Å². The van der Waals surface area contributed by atoms with Crippen LogP contribution in [0.3, 0.4) is 0 Å². The SMILES string of the molecule is CCCNCc1nnc(N2CCCC2C2CCCC2)o1. The molecule has 1 aromatic heterocycles. The minimum atomic E-state index is 0.634. The first kappa shape index (κ1) is 13.9. The maximum absolute atomic E-state index is 5.85. The van der Waals surface area contributed by atoms with E-state index in [0.717, 1.165) is 31.4 Å². The summed E-state index contributed by atoms with van der Waals surface area (Å²) in [5, 5.41) is 11.7. The number of aromatic nitrogens is 2. The second-order valence-electron chi connectivity index (χ2n) is 6.10. The molecule has 0 amide bonds. The maximum atomic E-state index is 5.85. The fourth-order valence-electron chi connectivity index (χ4n) is 3.67. The van der Waals surface area contributed by atoms with Crippen LogP contribution >= 0.6 is 0 Å². The summed E-state index contributed by atoms with van der Waals surface area (Å²) in [5.74, 6) is 1.55. The maximum Gasteiger partial charge on any atom is 0.318 e. The summed E-state index contributed by atoms with van der Waals surface area (Å²) >= 11 is 0. The lowest BCUT2D eigenvalue weighted by Crippen LogP contribution is -2.34. The van der Waals surface area contributed by atoms with Gasteiger partial charge < -0.3 is 14.6 Å². The Kier molecular flexibility index (Phi) is 4.55. The molecule has 1 aliphatic carbocycles. The average Bonchev–Trinajstić information content (AvgIpc) is 3.19. The van der Waals surface area contributed by atoms with E-state index in [1.807, 2.05) is 0 Å². The Morgan fingerprint density at radius 1 is 1.20 bits per heavy atom. The standard InChI is InChI=1S/C15H26N4O/c1-2-9-16-11-14-17-18-15(20-14)19-10-5-8-13(19)12-6-3-4-7-12/h12-13,16H,2-11H2,1H3. The minimum Gasteiger partial charge on any atom is -0.407 e. The monoisotopic (exact) mass is 278 g/mol. The smallest absolute Gasteiger partial charge is 0.318 e. The van der Waals surface area contributed by atoms with Gasteiger partial charge in [0, 0.05) is 12.6 Å². The van der Waals surface area contributed by atoms with Crippen LogP contribution in [0.5, 0.6) is 0 Å². The lowest BCUT2D eigenvalue weighted by Gasteiger charge is -2.27. The number of rotatable bonds is 6. The molecular formula is C15H26N4O. The van der Waals surface area contributed by atoms with E-state index in [2.05, 4.69) is 27.3 Å². The second kappa shape index (κ2) is 6.57. The molecule has 20 heavy (non-hydrogen) atoms. The highest BCUT2D eigenvalue weighted by Crippen LogP contribution is 2.37. The van der Waals surface area contributed by atoms with Crippen molar-refractivity contribution in [2.45, 2.75) is 64.5 Å². The van der Waals surface area contributed by atoms with Crippen molar-refractivity contribution in [3.8, 4) is 0 Å². The predicted octanol–water partition coefficient (Wildman–Crippen LogP) is 2.73. The highest BCUT2D eigenvalue weighted by Gasteiger charge is 2.35. The Bertz CT molecular complexity index is 414. The van der Waals surface area contributed by atoms with Gasteiger partial charge in [0.25, 0.3) is 0 Å². The molecule has 2 aliphatic rings. The number of anilines is 1. The Morgan fingerprint density at radius 3 is 2.85 bits per heavy atom. The molecule has 5 nitrogen and oxygen atoms in total. The van der Waals surface area contributed by atoms with Crippen molar-refractivity contribution in [1.29, 1.82) is 0 Å². The summed E-state index contributed by atoms with van der Waals surface area (Å²) < 4.78 is 5.85. The summed E-state index contributed by atoms with van der Waals surface area (Å²) in [5.41, 5.74) is 0. The molecule has 2 fully saturated rings. The zero-order valence-electron chi connectivity index (χ0n) is 12.5. The van der Waals surface area contributed by atoms with Crippen LogP contribution in [0.15, 0.2) is 4.42 Å². The molecule has 1 atom stereocenters. The van der Waals surface area contributed by atoms with Crippen molar-refractivity contribution >= 4 is 6.01 Å². The highest BCUT2D eigenvalue weighted by atomic mass is 16.4. The Hall–Kier alpha value is -1.10. The van der Waals surface area contributed by atoms with Gasteiger partial charge in [-0.05, 0) is 44.6 Å². The third kappa shape index (κ3) is 2.97. The molecule has 1 saturated heterocycles. The van der Waals surface area contributed by atoms with Crippen molar-refractivity contribution in [1.82, 2.24) is 15.5 Å². The fourth-order valence-corrected chi connectivity index (χ4v) is 3.67. The first-order valence-corrected chi connectivity index (χ1v) is 8.18. The molecule has 2 heterocycles. The van der Waals surface area contributed by atoms with Gasteiger partial charge in [-0.25, -0.2) is 0 Å². The third-order valence-electron chi connectivity index (χ3n) is 4.65.